The molecule has 0 amide bonds. The number of fused-ring (bicyclic) bond motifs is 1. The summed E-state index contributed by atoms with van der Waals surface area (Å²) in [4.78, 5) is 8.56. The molecular formula is C18H18FN3O3S. The number of nitrogens with one attached hydrogen (secondary N) is 1. The summed E-state index contributed by atoms with van der Waals surface area (Å²) in [5.41, 5.74) is 1.23. The van der Waals surface area contributed by atoms with Crippen LogP contribution in [0.4, 0.5) is 10.2 Å². The summed E-state index contributed by atoms with van der Waals surface area (Å²) in [6.07, 6.45) is 2.53. The number of methoxy groups -OCH3 is 1. The summed E-state index contributed by atoms with van der Waals surface area (Å²) >= 11 is 0. The number of nitrogens with zero attached hydrogens (tertiary/aromatic N) is 2. The fourth-order valence-electron chi connectivity index (χ4n) is 2.71. The van der Waals surface area contributed by atoms with Gasteiger partial charge in [-0.2, -0.15) is 0 Å². The number of anilines is 1. The molecule has 1 N–H and O–H groups in total. The van der Waals surface area contributed by atoms with E-state index in [1.807, 2.05) is 6.92 Å². The Labute approximate surface area is 151 Å². The predicted octanol–water partition coefficient (Wildman–Crippen LogP) is 3.35. The molecule has 0 aliphatic rings. The lowest BCUT2D eigenvalue weighted by atomic mass is 10.1. The van der Waals surface area contributed by atoms with Crippen LogP contribution in [0.2, 0.25) is 0 Å². The summed E-state index contributed by atoms with van der Waals surface area (Å²) < 4.78 is 42.6. The number of halogens is 1. The summed E-state index contributed by atoms with van der Waals surface area (Å²) in [5, 5.41) is 3.76. The molecule has 1 atom stereocenters. The fraction of sp³-hybridized carbons (Fsp3) is 0.222. The van der Waals surface area contributed by atoms with Crippen LogP contribution in [0.1, 0.15) is 18.5 Å². The summed E-state index contributed by atoms with van der Waals surface area (Å²) in [6.45, 7) is 1.84. The quantitative estimate of drug-likeness (QED) is 0.736. The Morgan fingerprint density at radius 1 is 1.15 bits per heavy atom. The molecular weight excluding hydrogens is 357 g/mol. The number of benzene rings is 2. The van der Waals surface area contributed by atoms with E-state index in [1.54, 1.807) is 12.1 Å². The smallest absolute Gasteiger partial charge is 0.175 e. The van der Waals surface area contributed by atoms with Gasteiger partial charge in [0.2, 0.25) is 0 Å². The first kappa shape index (κ1) is 18.1. The maximum absolute atomic E-state index is 13.6. The summed E-state index contributed by atoms with van der Waals surface area (Å²) in [5.74, 6) is 0.627. The lowest BCUT2D eigenvalue weighted by molar-refractivity contribution is 0.406. The number of hydrogen-bond acceptors (Lipinski definition) is 6. The monoisotopic (exact) mass is 375 g/mol. The van der Waals surface area contributed by atoms with Crippen molar-refractivity contribution in [1.82, 2.24) is 9.97 Å². The van der Waals surface area contributed by atoms with Gasteiger partial charge in [0, 0.05) is 17.2 Å². The van der Waals surface area contributed by atoms with E-state index in [1.165, 1.54) is 37.7 Å². The third-order valence-electron chi connectivity index (χ3n) is 4.05. The first-order valence-corrected chi connectivity index (χ1v) is 9.73. The van der Waals surface area contributed by atoms with Crippen molar-refractivity contribution in [3.8, 4) is 5.75 Å². The standard InChI is InChI=1S/C18H18FN3O3S/c1-11(14-8-12(19)4-7-17(14)25-2)22-18-15-9-13(26(3,23)24)5-6-16(15)20-10-21-18/h4-11H,1-3H3,(H,20,21,22). The second-order valence-electron chi connectivity index (χ2n) is 5.93. The van der Waals surface area contributed by atoms with Gasteiger partial charge in [0.25, 0.3) is 0 Å². The zero-order valence-corrected chi connectivity index (χ0v) is 15.3. The van der Waals surface area contributed by atoms with Crippen molar-refractivity contribution in [2.75, 3.05) is 18.7 Å². The molecule has 6 nitrogen and oxygen atoms in total. The Morgan fingerprint density at radius 3 is 2.62 bits per heavy atom. The lowest BCUT2D eigenvalue weighted by Crippen LogP contribution is -2.10. The van der Waals surface area contributed by atoms with Crippen molar-refractivity contribution in [2.24, 2.45) is 0 Å². The van der Waals surface area contributed by atoms with E-state index < -0.39 is 9.84 Å². The molecule has 0 aliphatic carbocycles. The van der Waals surface area contributed by atoms with Gasteiger partial charge in [-0.3, -0.25) is 0 Å². The molecule has 136 valence electrons. The van der Waals surface area contributed by atoms with Gasteiger partial charge in [-0.25, -0.2) is 22.8 Å². The second kappa shape index (κ2) is 6.87. The van der Waals surface area contributed by atoms with E-state index in [-0.39, 0.29) is 16.8 Å². The van der Waals surface area contributed by atoms with Gasteiger partial charge in [0.05, 0.1) is 23.6 Å². The lowest BCUT2D eigenvalue weighted by Gasteiger charge is -2.19. The van der Waals surface area contributed by atoms with E-state index in [9.17, 15) is 12.8 Å². The molecule has 3 aromatic rings. The molecule has 0 saturated carbocycles. The minimum atomic E-state index is -3.36. The molecule has 0 spiro atoms. The zero-order chi connectivity index (χ0) is 18.9. The van der Waals surface area contributed by atoms with E-state index in [0.717, 1.165) is 6.26 Å². The number of hydrogen-bond donors (Lipinski definition) is 1. The Balaban J connectivity index is 2.04. The maximum atomic E-state index is 13.6. The molecule has 0 saturated heterocycles. The molecule has 3 rings (SSSR count). The Bertz CT molecular complexity index is 1070. The molecule has 1 aromatic heterocycles. The van der Waals surface area contributed by atoms with Crippen LogP contribution in [-0.4, -0.2) is 31.8 Å². The normalized spacial score (nSPS) is 12.8. The van der Waals surface area contributed by atoms with Crippen LogP contribution < -0.4 is 10.1 Å². The van der Waals surface area contributed by atoms with Gasteiger partial charge >= 0.3 is 0 Å². The van der Waals surface area contributed by atoms with E-state index in [0.29, 0.717) is 28.0 Å². The molecule has 1 heterocycles. The molecule has 0 aliphatic heterocycles. The predicted molar refractivity (Wildman–Crippen MR) is 97.6 cm³/mol. The summed E-state index contributed by atoms with van der Waals surface area (Å²) in [6, 6.07) is 8.61. The van der Waals surface area contributed by atoms with Gasteiger partial charge in [0.15, 0.2) is 9.84 Å². The Kier molecular flexibility index (Phi) is 4.78. The van der Waals surface area contributed by atoms with Gasteiger partial charge in [-0.15, -0.1) is 0 Å². The number of sulfone groups is 1. The minimum Gasteiger partial charge on any atom is -0.496 e. The highest BCUT2D eigenvalue weighted by atomic mass is 32.2. The third-order valence-corrected chi connectivity index (χ3v) is 5.16. The van der Waals surface area contributed by atoms with E-state index >= 15 is 0 Å². The van der Waals surface area contributed by atoms with Crippen molar-refractivity contribution in [3.63, 3.8) is 0 Å². The minimum absolute atomic E-state index is 0.179. The van der Waals surface area contributed by atoms with E-state index in [4.69, 9.17) is 4.74 Å². The van der Waals surface area contributed by atoms with Crippen LogP contribution in [0.5, 0.6) is 5.75 Å². The SMILES string of the molecule is COc1ccc(F)cc1C(C)Nc1ncnc2ccc(S(C)(=O)=O)cc12. The van der Waals surface area contributed by atoms with Crippen molar-refractivity contribution in [1.29, 1.82) is 0 Å². The molecule has 1 unspecified atom stereocenters. The van der Waals surface area contributed by atoms with Crippen molar-refractivity contribution in [3.05, 3.63) is 54.1 Å². The number of rotatable bonds is 5. The van der Waals surface area contributed by atoms with Crippen LogP contribution in [0.3, 0.4) is 0 Å². The van der Waals surface area contributed by atoms with Crippen molar-refractivity contribution >= 4 is 26.6 Å². The van der Waals surface area contributed by atoms with Gasteiger partial charge in [-0.05, 0) is 43.3 Å². The van der Waals surface area contributed by atoms with E-state index in [2.05, 4.69) is 15.3 Å². The fourth-order valence-corrected chi connectivity index (χ4v) is 3.35. The average molecular weight is 375 g/mol. The average Bonchev–Trinajstić information content (AvgIpc) is 2.60. The maximum Gasteiger partial charge on any atom is 0.175 e. The topological polar surface area (TPSA) is 81.2 Å². The molecule has 0 fully saturated rings. The second-order valence-corrected chi connectivity index (χ2v) is 7.94. The molecule has 0 radical (unpaired) electrons. The molecule has 2 aromatic carbocycles. The first-order chi connectivity index (χ1) is 12.3. The Morgan fingerprint density at radius 2 is 1.92 bits per heavy atom. The van der Waals surface area contributed by atoms with Crippen molar-refractivity contribution in [2.45, 2.75) is 17.9 Å². The van der Waals surface area contributed by atoms with Crippen LogP contribution in [-0.2, 0) is 9.84 Å². The van der Waals surface area contributed by atoms with Crippen LogP contribution in [0, 0.1) is 5.82 Å². The molecule has 0 bridgehead atoms. The van der Waals surface area contributed by atoms with Crippen LogP contribution >= 0.6 is 0 Å². The highest BCUT2D eigenvalue weighted by molar-refractivity contribution is 7.90. The largest absolute Gasteiger partial charge is 0.496 e. The molecule has 8 heteroatoms. The van der Waals surface area contributed by atoms with Gasteiger partial charge < -0.3 is 10.1 Å². The highest BCUT2D eigenvalue weighted by Gasteiger charge is 2.16. The zero-order valence-electron chi connectivity index (χ0n) is 14.5. The van der Waals surface area contributed by atoms with Gasteiger partial charge in [0.1, 0.15) is 23.7 Å². The molecule has 26 heavy (non-hydrogen) atoms. The highest BCUT2D eigenvalue weighted by Crippen LogP contribution is 2.30. The van der Waals surface area contributed by atoms with Crippen LogP contribution in [0.25, 0.3) is 10.9 Å². The Hall–Kier alpha value is -2.74. The van der Waals surface area contributed by atoms with Crippen LogP contribution in [0.15, 0.2) is 47.6 Å². The number of ether oxygens (including phenoxy) is 1. The first-order valence-electron chi connectivity index (χ1n) is 7.84. The third kappa shape index (κ3) is 3.60. The van der Waals surface area contributed by atoms with Crippen molar-refractivity contribution < 1.29 is 17.5 Å². The summed E-state index contributed by atoms with van der Waals surface area (Å²) in [7, 11) is -1.85. The number of aromatic nitrogens is 2. The van der Waals surface area contributed by atoms with Gasteiger partial charge in [-0.1, -0.05) is 0 Å².